The number of hydrogen-bond acceptors (Lipinski definition) is 2. The van der Waals surface area contributed by atoms with Crippen LogP contribution in [0.2, 0.25) is 0 Å². The minimum Gasteiger partial charge on any atom is -0.494 e. The molecule has 0 spiro atoms. The first-order valence-electron chi connectivity index (χ1n) is 9.54. The Balaban J connectivity index is 1.57. The lowest BCUT2D eigenvalue weighted by atomic mass is 10.00. The average molecular weight is 460 g/mol. The minimum absolute atomic E-state index is 0.0475. The van der Waals surface area contributed by atoms with Crippen LogP contribution >= 0.6 is 15.9 Å². The zero-order chi connectivity index (χ0) is 21.0. The summed E-state index contributed by atoms with van der Waals surface area (Å²) in [5.74, 6) is -0.399. The Labute approximate surface area is 181 Å². The normalized spacial score (nSPS) is 12.9. The average Bonchev–Trinajstić information content (AvgIpc) is 3.37. The van der Waals surface area contributed by atoms with E-state index >= 15 is 0 Å². The SMILES string of the molecule is Cc1ccc(C)n1-c1ccc(-c2[nH]c(O)c3c2C(=O)N=C3c2ccc(Br)cc2)cc1. The molecule has 1 aliphatic heterocycles. The second-order valence-electron chi connectivity index (χ2n) is 7.37. The summed E-state index contributed by atoms with van der Waals surface area (Å²) in [7, 11) is 0. The molecule has 4 aromatic rings. The molecule has 2 aromatic heterocycles. The number of aryl methyl sites for hydroxylation is 2. The molecule has 0 saturated carbocycles. The Kier molecular flexibility index (Phi) is 4.25. The third-order valence-electron chi connectivity index (χ3n) is 5.45. The van der Waals surface area contributed by atoms with Gasteiger partial charge in [0, 0.05) is 27.1 Å². The first kappa shape index (κ1) is 18.6. The van der Waals surface area contributed by atoms with Crippen LogP contribution in [0, 0.1) is 13.8 Å². The van der Waals surface area contributed by atoms with Gasteiger partial charge in [-0.3, -0.25) is 4.79 Å². The van der Waals surface area contributed by atoms with Crippen molar-refractivity contribution in [2.45, 2.75) is 13.8 Å². The lowest BCUT2D eigenvalue weighted by molar-refractivity contribution is 0.101. The largest absolute Gasteiger partial charge is 0.494 e. The van der Waals surface area contributed by atoms with E-state index in [4.69, 9.17) is 0 Å². The topological polar surface area (TPSA) is 70.4 Å². The number of aromatic amines is 1. The third kappa shape index (κ3) is 2.83. The van der Waals surface area contributed by atoms with E-state index < -0.39 is 0 Å². The van der Waals surface area contributed by atoms with E-state index in [1.54, 1.807) is 0 Å². The number of H-pyrrole nitrogens is 1. The molecule has 2 N–H and O–H groups in total. The Morgan fingerprint density at radius 3 is 2.10 bits per heavy atom. The molecule has 2 aromatic carbocycles. The number of halogens is 1. The first-order valence-corrected chi connectivity index (χ1v) is 10.3. The summed E-state index contributed by atoms with van der Waals surface area (Å²) in [5, 5.41) is 10.6. The number of carbonyl (C=O) groups is 1. The first-order chi connectivity index (χ1) is 14.4. The molecule has 0 saturated heterocycles. The second-order valence-corrected chi connectivity index (χ2v) is 8.29. The molecule has 0 fully saturated rings. The van der Waals surface area contributed by atoms with Crippen molar-refractivity contribution in [2.24, 2.45) is 4.99 Å². The fourth-order valence-electron chi connectivity index (χ4n) is 4.03. The Morgan fingerprint density at radius 2 is 1.47 bits per heavy atom. The van der Waals surface area contributed by atoms with Crippen LogP contribution in [0.5, 0.6) is 5.88 Å². The quantitative estimate of drug-likeness (QED) is 0.421. The van der Waals surface area contributed by atoms with E-state index in [0.717, 1.165) is 32.7 Å². The fourth-order valence-corrected chi connectivity index (χ4v) is 4.29. The molecule has 1 aliphatic rings. The van der Waals surface area contributed by atoms with E-state index in [2.05, 4.69) is 56.5 Å². The van der Waals surface area contributed by atoms with Gasteiger partial charge in [0.2, 0.25) is 0 Å². The maximum atomic E-state index is 12.7. The number of nitrogens with zero attached hydrogens (tertiary/aromatic N) is 2. The maximum absolute atomic E-state index is 12.7. The molecular weight excluding hydrogens is 442 g/mol. The van der Waals surface area contributed by atoms with E-state index in [-0.39, 0.29) is 11.8 Å². The van der Waals surface area contributed by atoms with Gasteiger partial charge in [0.25, 0.3) is 5.91 Å². The molecule has 1 amide bonds. The van der Waals surface area contributed by atoms with Crippen LogP contribution in [-0.2, 0) is 0 Å². The van der Waals surface area contributed by atoms with Crippen molar-refractivity contribution in [3.8, 4) is 22.8 Å². The molecule has 148 valence electrons. The third-order valence-corrected chi connectivity index (χ3v) is 5.98. The van der Waals surface area contributed by atoms with Crippen LogP contribution in [0.3, 0.4) is 0 Å². The van der Waals surface area contributed by atoms with E-state index in [1.807, 2.05) is 48.5 Å². The summed E-state index contributed by atoms with van der Waals surface area (Å²) in [4.78, 5) is 19.9. The van der Waals surface area contributed by atoms with Gasteiger partial charge >= 0.3 is 0 Å². The van der Waals surface area contributed by atoms with Crippen molar-refractivity contribution < 1.29 is 9.90 Å². The number of hydrogen-bond donors (Lipinski definition) is 2. The number of fused-ring (bicyclic) bond motifs is 1. The van der Waals surface area contributed by atoms with Crippen LogP contribution < -0.4 is 0 Å². The predicted molar refractivity (Wildman–Crippen MR) is 121 cm³/mol. The van der Waals surface area contributed by atoms with Gasteiger partial charge in [-0.15, -0.1) is 0 Å². The number of carbonyl (C=O) groups excluding carboxylic acids is 1. The Hall–Kier alpha value is -3.38. The van der Waals surface area contributed by atoms with Crippen molar-refractivity contribution in [3.05, 3.63) is 93.2 Å². The molecular formula is C24H18BrN3O2. The molecule has 3 heterocycles. The van der Waals surface area contributed by atoms with Crippen LogP contribution in [0.1, 0.15) is 32.9 Å². The van der Waals surface area contributed by atoms with Crippen molar-refractivity contribution in [1.29, 1.82) is 0 Å². The summed E-state index contributed by atoms with van der Waals surface area (Å²) in [6, 6.07) is 19.6. The highest BCUT2D eigenvalue weighted by molar-refractivity contribution is 9.10. The van der Waals surface area contributed by atoms with Gasteiger partial charge in [-0.05, 0) is 55.8 Å². The van der Waals surface area contributed by atoms with E-state index in [1.165, 1.54) is 0 Å². The summed E-state index contributed by atoms with van der Waals surface area (Å²) < 4.78 is 3.10. The molecule has 30 heavy (non-hydrogen) atoms. The van der Waals surface area contributed by atoms with Crippen LogP contribution in [-0.4, -0.2) is 26.3 Å². The maximum Gasteiger partial charge on any atom is 0.280 e. The Bertz CT molecular complexity index is 1310. The molecule has 6 heteroatoms. The van der Waals surface area contributed by atoms with Crippen LogP contribution in [0.25, 0.3) is 16.9 Å². The van der Waals surface area contributed by atoms with E-state index in [0.29, 0.717) is 22.5 Å². The van der Waals surface area contributed by atoms with Gasteiger partial charge in [-0.1, -0.05) is 40.2 Å². The number of rotatable bonds is 3. The highest BCUT2D eigenvalue weighted by Crippen LogP contribution is 2.38. The second kappa shape index (κ2) is 6.85. The van der Waals surface area contributed by atoms with Crippen LogP contribution in [0.4, 0.5) is 0 Å². The molecule has 0 atom stereocenters. The zero-order valence-corrected chi connectivity index (χ0v) is 18.0. The van der Waals surface area contributed by atoms with Crippen molar-refractivity contribution in [2.75, 3.05) is 0 Å². The molecule has 0 unspecified atom stereocenters. The summed E-state index contributed by atoms with van der Waals surface area (Å²) in [6.45, 7) is 4.13. The molecule has 5 nitrogen and oxygen atoms in total. The van der Waals surface area contributed by atoms with E-state index in [9.17, 15) is 9.90 Å². The summed E-state index contributed by atoms with van der Waals surface area (Å²) >= 11 is 3.41. The Morgan fingerprint density at radius 1 is 0.867 bits per heavy atom. The monoisotopic (exact) mass is 459 g/mol. The molecule has 0 bridgehead atoms. The highest BCUT2D eigenvalue weighted by Gasteiger charge is 2.33. The van der Waals surface area contributed by atoms with Gasteiger partial charge in [0.15, 0.2) is 5.88 Å². The fraction of sp³-hybridized carbons (Fsp3) is 0.0833. The van der Waals surface area contributed by atoms with Crippen LogP contribution in [0.15, 0.2) is 70.1 Å². The van der Waals surface area contributed by atoms with Crippen molar-refractivity contribution in [1.82, 2.24) is 9.55 Å². The predicted octanol–water partition coefficient (Wildman–Crippen LogP) is 5.55. The van der Waals surface area contributed by atoms with Gasteiger partial charge in [-0.2, -0.15) is 0 Å². The number of nitrogens with one attached hydrogen (secondary N) is 1. The number of amides is 1. The lowest BCUT2D eigenvalue weighted by Gasteiger charge is -2.10. The molecule has 0 radical (unpaired) electrons. The lowest BCUT2D eigenvalue weighted by Crippen LogP contribution is -1.99. The standard InChI is InChI=1S/C24H18BrN3O2/c1-13-3-4-14(2)28(13)18-11-7-16(8-12-18)22-20-19(23(29)27-22)21(26-24(20)30)15-5-9-17(25)10-6-15/h3-12,27,29H,1-2H3. The van der Waals surface area contributed by atoms with Crippen molar-refractivity contribution >= 4 is 27.5 Å². The molecule has 0 aliphatic carbocycles. The van der Waals surface area contributed by atoms with Gasteiger partial charge in [0.05, 0.1) is 22.5 Å². The highest BCUT2D eigenvalue weighted by atomic mass is 79.9. The van der Waals surface area contributed by atoms with Gasteiger partial charge in [0.1, 0.15) is 0 Å². The number of aromatic nitrogens is 2. The van der Waals surface area contributed by atoms with Crippen molar-refractivity contribution in [3.63, 3.8) is 0 Å². The number of benzene rings is 2. The zero-order valence-electron chi connectivity index (χ0n) is 16.4. The summed E-state index contributed by atoms with van der Waals surface area (Å²) in [5.41, 5.74) is 6.88. The minimum atomic E-state index is -0.351. The van der Waals surface area contributed by atoms with Gasteiger partial charge < -0.3 is 14.7 Å². The van der Waals surface area contributed by atoms with Gasteiger partial charge in [-0.25, -0.2) is 4.99 Å². The smallest absolute Gasteiger partial charge is 0.280 e. The summed E-state index contributed by atoms with van der Waals surface area (Å²) in [6.07, 6.45) is 0. The molecule has 5 rings (SSSR count). The number of aromatic hydroxyl groups is 1. The number of aliphatic imine (C=N–C) groups is 1.